The number of carbonyl (C=O) groups excluding carboxylic acids is 1. The van der Waals surface area contributed by atoms with E-state index in [1.165, 1.54) is 11.1 Å². The van der Waals surface area contributed by atoms with E-state index < -0.39 is 0 Å². The Morgan fingerprint density at radius 1 is 1.33 bits per heavy atom. The first-order valence-corrected chi connectivity index (χ1v) is 7.57. The molecule has 1 aromatic carbocycles. The first-order valence-electron chi connectivity index (χ1n) is 5.90. The summed E-state index contributed by atoms with van der Waals surface area (Å²) in [6.45, 7) is 4.02. The van der Waals surface area contributed by atoms with Crippen LogP contribution in [-0.2, 0) is 6.42 Å². The van der Waals surface area contributed by atoms with Crippen LogP contribution in [0.3, 0.4) is 0 Å². The Kier molecular flexibility index (Phi) is 4.36. The molecule has 94 valence electrons. The van der Waals surface area contributed by atoms with E-state index in [4.69, 9.17) is 0 Å². The molecule has 3 heteroatoms. The van der Waals surface area contributed by atoms with Crippen molar-refractivity contribution < 1.29 is 4.79 Å². The summed E-state index contributed by atoms with van der Waals surface area (Å²) in [5.74, 6) is 0.278. The van der Waals surface area contributed by atoms with Crippen LogP contribution in [0.4, 0.5) is 0 Å². The van der Waals surface area contributed by atoms with Crippen LogP contribution in [0.25, 0.3) is 0 Å². The highest BCUT2D eigenvalue weighted by molar-refractivity contribution is 9.10. The molecule has 1 heterocycles. The SMILES string of the molecule is Cc1csc(C(=O)C(C)Cc2ccc(Br)cc2)c1. The Hall–Kier alpha value is -0.930. The summed E-state index contributed by atoms with van der Waals surface area (Å²) >= 11 is 4.96. The molecule has 0 aliphatic rings. The van der Waals surface area contributed by atoms with Crippen LogP contribution in [0.15, 0.2) is 40.2 Å². The summed E-state index contributed by atoms with van der Waals surface area (Å²) < 4.78 is 1.07. The van der Waals surface area contributed by atoms with Crippen molar-refractivity contribution >= 4 is 33.0 Å². The van der Waals surface area contributed by atoms with E-state index in [1.54, 1.807) is 11.3 Å². The number of hydrogen-bond acceptors (Lipinski definition) is 2. The molecular formula is C15H15BrOS. The van der Waals surface area contributed by atoms with Gasteiger partial charge in [0, 0.05) is 10.4 Å². The molecule has 1 nitrogen and oxygen atoms in total. The van der Waals surface area contributed by atoms with E-state index in [2.05, 4.69) is 28.1 Å². The van der Waals surface area contributed by atoms with Crippen molar-refractivity contribution in [1.82, 2.24) is 0 Å². The van der Waals surface area contributed by atoms with Crippen molar-refractivity contribution in [3.05, 3.63) is 56.2 Å². The molecule has 0 aliphatic heterocycles. The van der Waals surface area contributed by atoms with Gasteiger partial charge in [0.1, 0.15) is 0 Å². The van der Waals surface area contributed by atoms with Crippen LogP contribution in [0.1, 0.15) is 27.7 Å². The summed E-state index contributed by atoms with van der Waals surface area (Å²) in [4.78, 5) is 13.1. The standard InChI is InChI=1S/C15H15BrOS/c1-10-7-14(18-9-10)15(17)11(2)8-12-3-5-13(16)6-4-12/h3-7,9,11H,8H2,1-2H3. The van der Waals surface area contributed by atoms with E-state index in [0.29, 0.717) is 0 Å². The summed E-state index contributed by atoms with van der Waals surface area (Å²) in [6, 6.07) is 10.1. The molecule has 0 spiro atoms. The Labute approximate surface area is 120 Å². The van der Waals surface area contributed by atoms with Gasteiger partial charge in [0.2, 0.25) is 0 Å². The smallest absolute Gasteiger partial charge is 0.175 e. The van der Waals surface area contributed by atoms with Crippen molar-refractivity contribution in [1.29, 1.82) is 0 Å². The predicted molar refractivity (Wildman–Crippen MR) is 80.4 cm³/mol. The maximum Gasteiger partial charge on any atom is 0.175 e. The minimum absolute atomic E-state index is 0.0317. The highest BCUT2D eigenvalue weighted by Crippen LogP contribution is 2.21. The van der Waals surface area contributed by atoms with E-state index in [0.717, 1.165) is 15.8 Å². The third-order valence-corrected chi connectivity index (χ3v) is 4.47. The van der Waals surface area contributed by atoms with Gasteiger partial charge in [-0.05, 0) is 48.1 Å². The highest BCUT2D eigenvalue weighted by Gasteiger charge is 2.17. The first kappa shape index (κ1) is 13.5. The summed E-state index contributed by atoms with van der Waals surface area (Å²) in [6.07, 6.45) is 0.795. The second kappa shape index (κ2) is 5.81. The number of halogens is 1. The van der Waals surface area contributed by atoms with Gasteiger partial charge in [-0.3, -0.25) is 4.79 Å². The fraction of sp³-hybridized carbons (Fsp3) is 0.267. The van der Waals surface area contributed by atoms with Crippen molar-refractivity contribution in [3.8, 4) is 0 Å². The Morgan fingerprint density at radius 2 is 2.00 bits per heavy atom. The van der Waals surface area contributed by atoms with Crippen LogP contribution < -0.4 is 0 Å². The van der Waals surface area contributed by atoms with Crippen LogP contribution in [-0.4, -0.2) is 5.78 Å². The van der Waals surface area contributed by atoms with Crippen molar-refractivity contribution in [3.63, 3.8) is 0 Å². The molecule has 0 bridgehead atoms. The molecule has 2 rings (SSSR count). The zero-order valence-electron chi connectivity index (χ0n) is 10.4. The van der Waals surface area contributed by atoms with Gasteiger partial charge in [-0.1, -0.05) is 35.0 Å². The van der Waals surface area contributed by atoms with Crippen molar-refractivity contribution in [2.75, 3.05) is 0 Å². The summed E-state index contributed by atoms with van der Waals surface area (Å²) in [7, 11) is 0. The fourth-order valence-electron chi connectivity index (χ4n) is 1.87. The van der Waals surface area contributed by atoms with Gasteiger partial charge in [-0.15, -0.1) is 11.3 Å². The largest absolute Gasteiger partial charge is 0.293 e. The van der Waals surface area contributed by atoms with Crippen LogP contribution in [0.5, 0.6) is 0 Å². The van der Waals surface area contributed by atoms with Crippen molar-refractivity contribution in [2.24, 2.45) is 5.92 Å². The zero-order valence-corrected chi connectivity index (χ0v) is 12.8. The molecule has 0 fully saturated rings. The molecule has 0 amide bonds. The lowest BCUT2D eigenvalue weighted by atomic mass is 9.96. The number of hydrogen-bond donors (Lipinski definition) is 0. The molecule has 0 aliphatic carbocycles. The normalized spacial score (nSPS) is 12.4. The molecule has 0 saturated heterocycles. The summed E-state index contributed by atoms with van der Waals surface area (Å²) in [5.41, 5.74) is 2.37. The Morgan fingerprint density at radius 3 is 2.56 bits per heavy atom. The van der Waals surface area contributed by atoms with E-state index in [9.17, 15) is 4.79 Å². The Bertz CT molecular complexity index is 542. The molecule has 0 radical (unpaired) electrons. The molecule has 1 atom stereocenters. The van der Waals surface area contributed by atoms with Crippen molar-refractivity contribution in [2.45, 2.75) is 20.3 Å². The first-order chi connectivity index (χ1) is 8.56. The molecule has 0 N–H and O–H groups in total. The summed E-state index contributed by atoms with van der Waals surface area (Å²) in [5, 5.41) is 2.03. The number of carbonyl (C=O) groups is 1. The number of benzene rings is 1. The fourth-order valence-corrected chi connectivity index (χ4v) is 3.09. The number of aryl methyl sites for hydroxylation is 1. The monoisotopic (exact) mass is 322 g/mol. The predicted octanol–water partition coefficient (Wildman–Crippen LogP) is 4.88. The van der Waals surface area contributed by atoms with Gasteiger partial charge in [0.25, 0.3) is 0 Å². The average molecular weight is 323 g/mol. The molecule has 1 unspecified atom stereocenters. The number of Topliss-reactive ketones (excluding diaryl/α,β-unsaturated/α-hetero) is 1. The topological polar surface area (TPSA) is 17.1 Å². The third kappa shape index (κ3) is 3.30. The Balaban J connectivity index is 2.05. The van der Waals surface area contributed by atoms with Gasteiger partial charge in [0.15, 0.2) is 5.78 Å². The van der Waals surface area contributed by atoms with E-state index in [1.807, 2.05) is 37.4 Å². The van der Waals surface area contributed by atoms with Crippen LogP contribution in [0.2, 0.25) is 0 Å². The molecule has 18 heavy (non-hydrogen) atoms. The zero-order chi connectivity index (χ0) is 13.1. The lowest BCUT2D eigenvalue weighted by Gasteiger charge is -2.09. The molecular weight excluding hydrogens is 308 g/mol. The second-order valence-electron chi connectivity index (χ2n) is 4.58. The van der Waals surface area contributed by atoms with E-state index >= 15 is 0 Å². The van der Waals surface area contributed by atoms with Gasteiger partial charge in [-0.25, -0.2) is 0 Å². The lowest BCUT2D eigenvalue weighted by molar-refractivity contribution is 0.0933. The van der Waals surface area contributed by atoms with E-state index in [-0.39, 0.29) is 11.7 Å². The highest BCUT2D eigenvalue weighted by atomic mass is 79.9. The third-order valence-electron chi connectivity index (χ3n) is 2.88. The molecule has 2 aromatic rings. The van der Waals surface area contributed by atoms with Gasteiger partial charge in [-0.2, -0.15) is 0 Å². The molecule has 0 saturated carbocycles. The quantitative estimate of drug-likeness (QED) is 0.733. The number of thiophene rings is 1. The van der Waals surface area contributed by atoms with Gasteiger partial charge >= 0.3 is 0 Å². The average Bonchev–Trinajstić information content (AvgIpc) is 2.78. The number of rotatable bonds is 4. The van der Waals surface area contributed by atoms with Crippen LogP contribution in [0, 0.1) is 12.8 Å². The maximum absolute atomic E-state index is 12.2. The second-order valence-corrected chi connectivity index (χ2v) is 6.41. The number of ketones is 1. The molecule has 1 aromatic heterocycles. The van der Waals surface area contributed by atoms with Gasteiger partial charge < -0.3 is 0 Å². The van der Waals surface area contributed by atoms with Crippen LogP contribution >= 0.6 is 27.3 Å². The minimum Gasteiger partial charge on any atom is -0.293 e. The lowest BCUT2D eigenvalue weighted by Crippen LogP contribution is -2.12. The maximum atomic E-state index is 12.2. The minimum atomic E-state index is 0.0317. The van der Waals surface area contributed by atoms with Gasteiger partial charge in [0.05, 0.1) is 4.88 Å².